The number of aryl methyl sites for hydroxylation is 2. The van der Waals surface area contributed by atoms with Crippen LogP contribution in [-0.2, 0) is 16.1 Å². The Morgan fingerprint density at radius 1 is 1.26 bits per heavy atom. The van der Waals surface area contributed by atoms with Crippen LogP contribution >= 0.6 is 0 Å². The molecule has 7 heteroatoms. The number of esters is 1. The Labute approximate surface area is 160 Å². The number of amides is 1. The third-order valence-corrected chi connectivity index (χ3v) is 6.41. The Kier molecular flexibility index (Phi) is 4.97. The number of aromatic nitrogens is 2. The zero-order valence-electron chi connectivity index (χ0n) is 16.4. The number of likely N-dealkylation sites (tertiary alicyclic amines) is 2. The topological polar surface area (TPSA) is 67.7 Å². The first kappa shape index (κ1) is 18.5. The minimum atomic E-state index is -0.387. The molecule has 1 atom stereocenters. The van der Waals surface area contributed by atoms with E-state index in [1.54, 1.807) is 4.68 Å². The summed E-state index contributed by atoms with van der Waals surface area (Å²) in [5.74, 6) is -0.0273. The van der Waals surface area contributed by atoms with Crippen molar-refractivity contribution in [3.8, 4) is 0 Å². The van der Waals surface area contributed by atoms with Crippen LogP contribution < -0.4 is 0 Å². The lowest BCUT2D eigenvalue weighted by molar-refractivity contribution is -0.151. The number of hydrogen-bond acceptors (Lipinski definition) is 5. The van der Waals surface area contributed by atoms with Crippen LogP contribution in [0.25, 0.3) is 0 Å². The Morgan fingerprint density at radius 3 is 2.63 bits per heavy atom. The number of carbonyl (C=O) groups is 2. The number of nitrogens with zero attached hydrogens (tertiary/aromatic N) is 4. The van der Waals surface area contributed by atoms with E-state index in [0.29, 0.717) is 38.2 Å². The summed E-state index contributed by atoms with van der Waals surface area (Å²) >= 11 is 0. The molecule has 1 aromatic rings. The quantitative estimate of drug-likeness (QED) is 0.753. The van der Waals surface area contributed by atoms with E-state index in [1.807, 2.05) is 24.8 Å². The Bertz CT molecular complexity index is 715. The lowest BCUT2D eigenvalue weighted by Gasteiger charge is -2.36. The molecule has 1 amide bonds. The van der Waals surface area contributed by atoms with Crippen molar-refractivity contribution < 1.29 is 14.3 Å². The van der Waals surface area contributed by atoms with Gasteiger partial charge >= 0.3 is 5.97 Å². The minimum Gasteiger partial charge on any atom is -0.461 e. The van der Waals surface area contributed by atoms with Crippen molar-refractivity contribution in [1.82, 2.24) is 19.6 Å². The highest BCUT2D eigenvalue weighted by atomic mass is 16.6. The molecule has 148 valence electrons. The monoisotopic (exact) mass is 374 g/mol. The summed E-state index contributed by atoms with van der Waals surface area (Å²) in [6.45, 7) is 8.90. The minimum absolute atomic E-state index is 0.0158. The molecule has 3 aliphatic rings. The van der Waals surface area contributed by atoms with Crippen LogP contribution in [-0.4, -0.2) is 70.3 Å². The SMILES string of the molecule is CCn1nc(C)cc1C(=O)N1CCC2(CC1)CC(CN1CCCC1)OC2=O. The van der Waals surface area contributed by atoms with E-state index in [-0.39, 0.29) is 23.4 Å². The van der Waals surface area contributed by atoms with Gasteiger partial charge in [-0.2, -0.15) is 5.10 Å². The van der Waals surface area contributed by atoms with Gasteiger partial charge in [-0.3, -0.25) is 19.2 Å². The normalized spacial score (nSPS) is 25.3. The van der Waals surface area contributed by atoms with Gasteiger partial charge in [-0.15, -0.1) is 0 Å². The molecule has 0 radical (unpaired) electrons. The van der Waals surface area contributed by atoms with Crippen molar-refractivity contribution in [3.63, 3.8) is 0 Å². The van der Waals surface area contributed by atoms with Gasteiger partial charge in [0.2, 0.25) is 0 Å². The Balaban J connectivity index is 1.37. The summed E-state index contributed by atoms with van der Waals surface area (Å²) in [5, 5.41) is 4.38. The summed E-state index contributed by atoms with van der Waals surface area (Å²) in [5.41, 5.74) is 1.12. The van der Waals surface area contributed by atoms with Gasteiger partial charge in [-0.1, -0.05) is 0 Å². The summed E-state index contributed by atoms with van der Waals surface area (Å²) in [7, 11) is 0. The number of piperidine rings is 1. The molecule has 7 nitrogen and oxygen atoms in total. The fourth-order valence-electron chi connectivity index (χ4n) is 4.86. The molecule has 0 N–H and O–H groups in total. The number of ether oxygens (including phenoxy) is 1. The van der Waals surface area contributed by atoms with Gasteiger partial charge < -0.3 is 9.64 Å². The molecule has 1 spiro atoms. The Hall–Kier alpha value is -1.89. The molecule has 0 aromatic carbocycles. The van der Waals surface area contributed by atoms with Gasteiger partial charge in [0.25, 0.3) is 5.91 Å². The molecular formula is C20H30N4O3. The largest absolute Gasteiger partial charge is 0.461 e. The first-order valence-corrected chi connectivity index (χ1v) is 10.3. The fraction of sp³-hybridized carbons (Fsp3) is 0.750. The van der Waals surface area contributed by atoms with Gasteiger partial charge in [0.15, 0.2) is 0 Å². The van der Waals surface area contributed by atoms with Gasteiger partial charge in [-0.25, -0.2) is 0 Å². The second-order valence-electron chi connectivity index (χ2n) is 8.30. The summed E-state index contributed by atoms with van der Waals surface area (Å²) in [4.78, 5) is 29.8. The zero-order valence-corrected chi connectivity index (χ0v) is 16.4. The van der Waals surface area contributed by atoms with Crippen LogP contribution in [0.3, 0.4) is 0 Å². The van der Waals surface area contributed by atoms with E-state index in [1.165, 1.54) is 12.8 Å². The third kappa shape index (κ3) is 3.49. The highest BCUT2D eigenvalue weighted by Crippen LogP contribution is 2.43. The van der Waals surface area contributed by atoms with Crippen molar-refractivity contribution in [2.45, 2.75) is 58.6 Å². The molecule has 3 fully saturated rings. The van der Waals surface area contributed by atoms with E-state index in [9.17, 15) is 9.59 Å². The van der Waals surface area contributed by atoms with E-state index >= 15 is 0 Å². The van der Waals surface area contributed by atoms with Gasteiger partial charge in [0.05, 0.1) is 11.1 Å². The van der Waals surface area contributed by atoms with Crippen LogP contribution in [0.5, 0.6) is 0 Å². The van der Waals surface area contributed by atoms with E-state index < -0.39 is 0 Å². The maximum atomic E-state index is 12.9. The second-order valence-corrected chi connectivity index (χ2v) is 8.30. The number of rotatable bonds is 4. The molecule has 4 rings (SSSR count). The van der Waals surface area contributed by atoms with Gasteiger partial charge in [-0.05, 0) is 58.7 Å². The molecule has 1 unspecified atom stereocenters. The fourth-order valence-corrected chi connectivity index (χ4v) is 4.86. The third-order valence-electron chi connectivity index (χ3n) is 6.41. The zero-order chi connectivity index (χ0) is 19.0. The predicted molar refractivity (Wildman–Crippen MR) is 100 cm³/mol. The molecule has 0 bridgehead atoms. The second kappa shape index (κ2) is 7.26. The van der Waals surface area contributed by atoms with Crippen molar-refractivity contribution >= 4 is 11.9 Å². The molecular weight excluding hydrogens is 344 g/mol. The predicted octanol–water partition coefficient (Wildman–Crippen LogP) is 1.85. The first-order valence-electron chi connectivity index (χ1n) is 10.3. The van der Waals surface area contributed by atoms with Crippen LogP contribution in [0.1, 0.15) is 55.2 Å². The van der Waals surface area contributed by atoms with Crippen molar-refractivity contribution in [2.24, 2.45) is 5.41 Å². The van der Waals surface area contributed by atoms with E-state index in [4.69, 9.17) is 4.74 Å². The van der Waals surface area contributed by atoms with Gasteiger partial charge in [0.1, 0.15) is 11.8 Å². The number of cyclic esters (lactones) is 1. The van der Waals surface area contributed by atoms with Crippen LogP contribution in [0, 0.1) is 12.3 Å². The smallest absolute Gasteiger partial charge is 0.312 e. The lowest BCUT2D eigenvalue weighted by atomic mass is 9.76. The molecule has 27 heavy (non-hydrogen) atoms. The van der Waals surface area contributed by atoms with Crippen molar-refractivity contribution in [1.29, 1.82) is 0 Å². The molecule has 0 aliphatic carbocycles. The number of hydrogen-bond donors (Lipinski definition) is 0. The standard InChI is InChI=1S/C20H30N4O3/c1-3-24-17(12-15(2)21-24)18(25)23-10-6-20(7-11-23)13-16(27-19(20)26)14-22-8-4-5-9-22/h12,16H,3-11,13-14H2,1-2H3. The summed E-state index contributed by atoms with van der Waals surface area (Å²) < 4.78 is 7.50. The van der Waals surface area contributed by atoms with Crippen LogP contribution in [0.4, 0.5) is 0 Å². The molecule has 3 saturated heterocycles. The molecule has 4 heterocycles. The Morgan fingerprint density at radius 2 is 1.96 bits per heavy atom. The van der Waals surface area contributed by atoms with Gasteiger partial charge in [0, 0.05) is 32.6 Å². The molecule has 0 saturated carbocycles. The van der Waals surface area contributed by atoms with E-state index in [0.717, 1.165) is 31.7 Å². The first-order chi connectivity index (χ1) is 13.0. The highest BCUT2D eigenvalue weighted by Gasteiger charge is 2.51. The maximum absolute atomic E-state index is 12.9. The molecule has 1 aromatic heterocycles. The average Bonchev–Trinajstić information content (AvgIpc) is 3.36. The van der Waals surface area contributed by atoms with Crippen LogP contribution in [0.2, 0.25) is 0 Å². The van der Waals surface area contributed by atoms with E-state index in [2.05, 4.69) is 10.00 Å². The maximum Gasteiger partial charge on any atom is 0.312 e. The number of carbonyl (C=O) groups excluding carboxylic acids is 2. The lowest BCUT2D eigenvalue weighted by Crippen LogP contribution is -2.45. The summed E-state index contributed by atoms with van der Waals surface area (Å²) in [6, 6.07) is 1.85. The highest BCUT2D eigenvalue weighted by molar-refractivity contribution is 5.93. The van der Waals surface area contributed by atoms with Crippen molar-refractivity contribution in [2.75, 3.05) is 32.7 Å². The molecule has 3 aliphatic heterocycles. The summed E-state index contributed by atoms with van der Waals surface area (Å²) in [6.07, 6.45) is 4.71. The van der Waals surface area contributed by atoms with Crippen molar-refractivity contribution in [3.05, 3.63) is 17.5 Å². The van der Waals surface area contributed by atoms with Crippen LogP contribution in [0.15, 0.2) is 6.07 Å². The average molecular weight is 374 g/mol.